The van der Waals surface area contributed by atoms with Crippen LogP contribution in [0.1, 0.15) is 74.4 Å². The Morgan fingerprint density at radius 3 is 1.42 bits per heavy atom. The number of rotatable bonds is 9. The molecule has 0 N–H and O–H groups in total. The van der Waals surface area contributed by atoms with Crippen LogP contribution in [0.25, 0.3) is 39.1 Å². The summed E-state index contributed by atoms with van der Waals surface area (Å²) in [6.07, 6.45) is 4.27. The van der Waals surface area contributed by atoms with E-state index in [0.717, 1.165) is 12.8 Å². The average Bonchev–Trinajstić information content (AvgIpc) is 3.81. The van der Waals surface area contributed by atoms with Crippen LogP contribution < -0.4 is 0 Å². The molecule has 0 saturated carbocycles. The lowest BCUT2D eigenvalue weighted by molar-refractivity contribution is 0.405. The van der Waals surface area contributed by atoms with Crippen LogP contribution in [0.5, 0.6) is 0 Å². The van der Waals surface area contributed by atoms with Gasteiger partial charge in [0.1, 0.15) is 0 Å². The quantitative estimate of drug-likeness (QED) is 0.137. The molecule has 286 valence electrons. The number of hydrogen-bond donors (Lipinski definition) is 0. The summed E-state index contributed by atoms with van der Waals surface area (Å²) in [5.74, 6) is 0.0977. The van der Waals surface area contributed by atoms with Crippen molar-refractivity contribution >= 4 is 16.8 Å². The third-order valence-corrected chi connectivity index (χ3v) is 13.4. The van der Waals surface area contributed by atoms with Gasteiger partial charge in [-0.2, -0.15) is 0 Å². The SMILES string of the molecule is CC1=Cc2cc(-c3ccc4ccccc4c3)ccc2C1C(c1ccccc1)(c1ccccc1)C1c2cc(Cc3ccccc3)ccc2-c2ccc(Cc3ccccc3)cc21. The molecule has 60 heavy (non-hydrogen) atoms. The molecule has 0 aromatic heterocycles. The topological polar surface area (TPSA) is 0 Å². The van der Waals surface area contributed by atoms with Crippen molar-refractivity contribution in [1.82, 2.24) is 0 Å². The first-order valence-corrected chi connectivity index (χ1v) is 21.4. The number of allylic oxidation sites excluding steroid dienone is 1. The molecule has 0 nitrogen and oxygen atoms in total. The molecule has 2 aliphatic carbocycles. The van der Waals surface area contributed by atoms with Crippen LogP contribution in [-0.4, -0.2) is 0 Å². The summed E-state index contributed by atoms with van der Waals surface area (Å²) >= 11 is 0. The van der Waals surface area contributed by atoms with Crippen molar-refractivity contribution in [3.8, 4) is 22.3 Å². The Balaban J connectivity index is 1.16. The van der Waals surface area contributed by atoms with Crippen LogP contribution in [0.2, 0.25) is 0 Å². The first kappa shape index (κ1) is 36.1. The predicted molar refractivity (Wildman–Crippen MR) is 252 cm³/mol. The van der Waals surface area contributed by atoms with Crippen LogP contribution in [0.15, 0.2) is 224 Å². The molecule has 0 saturated heterocycles. The molecule has 1 unspecified atom stereocenters. The molecule has 1 atom stereocenters. The minimum atomic E-state index is -0.491. The summed E-state index contributed by atoms with van der Waals surface area (Å²) in [4.78, 5) is 0. The predicted octanol–water partition coefficient (Wildman–Crippen LogP) is 15.0. The van der Waals surface area contributed by atoms with Gasteiger partial charge < -0.3 is 0 Å². The highest BCUT2D eigenvalue weighted by molar-refractivity contribution is 5.88. The highest BCUT2D eigenvalue weighted by Crippen LogP contribution is 2.64. The normalized spacial score (nSPS) is 14.4. The van der Waals surface area contributed by atoms with Crippen LogP contribution in [0, 0.1) is 0 Å². The van der Waals surface area contributed by atoms with Gasteiger partial charge in [0.25, 0.3) is 0 Å². The van der Waals surface area contributed by atoms with Crippen molar-refractivity contribution in [3.05, 3.63) is 280 Å². The van der Waals surface area contributed by atoms with Crippen molar-refractivity contribution in [2.45, 2.75) is 37.0 Å². The average molecular weight is 767 g/mol. The van der Waals surface area contributed by atoms with Crippen LogP contribution in [-0.2, 0) is 18.3 Å². The molecule has 0 spiro atoms. The maximum atomic E-state index is 2.56. The van der Waals surface area contributed by atoms with Crippen molar-refractivity contribution in [3.63, 3.8) is 0 Å². The summed E-state index contributed by atoms with van der Waals surface area (Å²) in [7, 11) is 0. The molecule has 0 radical (unpaired) electrons. The van der Waals surface area contributed by atoms with E-state index in [2.05, 4.69) is 231 Å². The summed E-state index contributed by atoms with van der Waals surface area (Å²) in [5.41, 5.74) is 19.7. The van der Waals surface area contributed by atoms with Gasteiger partial charge in [-0.15, -0.1) is 0 Å². The van der Waals surface area contributed by atoms with Gasteiger partial charge in [-0.3, -0.25) is 0 Å². The Bertz CT molecular complexity index is 2900. The van der Waals surface area contributed by atoms with Crippen LogP contribution in [0.4, 0.5) is 0 Å². The molecule has 9 aromatic rings. The summed E-state index contributed by atoms with van der Waals surface area (Å²) in [6.45, 7) is 2.38. The summed E-state index contributed by atoms with van der Waals surface area (Å²) < 4.78 is 0. The fourth-order valence-electron chi connectivity index (χ4n) is 10.9. The summed E-state index contributed by atoms with van der Waals surface area (Å²) in [6, 6.07) is 82.3. The third kappa shape index (κ3) is 6.14. The zero-order chi connectivity index (χ0) is 40.0. The second kappa shape index (κ2) is 15.0. The molecule has 0 amide bonds. The minimum absolute atomic E-state index is 0.0261. The second-order valence-electron chi connectivity index (χ2n) is 16.9. The Kier molecular flexibility index (Phi) is 9.01. The summed E-state index contributed by atoms with van der Waals surface area (Å²) in [5, 5.41) is 2.54. The first-order valence-electron chi connectivity index (χ1n) is 21.4. The lowest BCUT2D eigenvalue weighted by Gasteiger charge is -2.47. The Labute approximate surface area is 354 Å². The van der Waals surface area contributed by atoms with E-state index in [4.69, 9.17) is 0 Å². The largest absolute Gasteiger partial charge is 0.0639 e. The zero-order valence-corrected chi connectivity index (χ0v) is 33.9. The highest BCUT2D eigenvalue weighted by atomic mass is 14.6. The standard InChI is InChI=1S/C60H46/c1-41-34-50-40-49(48-29-28-46-20-14-15-21-47(46)39-48)30-33-53(50)58(41)60(51-22-10-4-11-23-51,52-24-12-5-13-25-52)59-56-37-44(35-42-16-6-2-7-17-42)26-31-54(56)55-32-27-45(38-57(55)59)36-43-18-8-3-9-19-43/h2-34,37-40,58-59H,35-36H2,1H3. The first-order chi connectivity index (χ1) is 29.6. The van der Waals surface area contributed by atoms with E-state index in [-0.39, 0.29) is 11.8 Å². The van der Waals surface area contributed by atoms with Gasteiger partial charge in [0.15, 0.2) is 0 Å². The van der Waals surface area contributed by atoms with Gasteiger partial charge in [0, 0.05) is 17.3 Å². The number of benzene rings is 9. The van der Waals surface area contributed by atoms with E-state index in [0.29, 0.717) is 0 Å². The molecule has 0 heterocycles. The molecule has 0 fully saturated rings. The number of hydrogen-bond acceptors (Lipinski definition) is 0. The van der Waals surface area contributed by atoms with E-state index in [9.17, 15) is 0 Å². The maximum absolute atomic E-state index is 2.56. The Morgan fingerprint density at radius 1 is 0.367 bits per heavy atom. The Hall–Kier alpha value is -7.02. The van der Waals surface area contributed by atoms with E-state index in [1.165, 1.54) is 94.2 Å². The lowest BCUT2D eigenvalue weighted by atomic mass is 9.54. The van der Waals surface area contributed by atoms with Crippen molar-refractivity contribution < 1.29 is 0 Å². The van der Waals surface area contributed by atoms with Gasteiger partial charge in [-0.05, 0) is 121 Å². The number of fused-ring (bicyclic) bond motifs is 5. The molecule has 0 bridgehead atoms. The van der Waals surface area contributed by atoms with Gasteiger partial charge in [0.2, 0.25) is 0 Å². The van der Waals surface area contributed by atoms with E-state index < -0.39 is 5.41 Å². The van der Waals surface area contributed by atoms with Gasteiger partial charge in [-0.1, -0.05) is 218 Å². The molecular weight excluding hydrogens is 721 g/mol. The van der Waals surface area contributed by atoms with Crippen molar-refractivity contribution in [2.24, 2.45) is 0 Å². The second-order valence-corrected chi connectivity index (χ2v) is 16.9. The Morgan fingerprint density at radius 2 is 0.850 bits per heavy atom. The third-order valence-electron chi connectivity index (χ3n) is 13.4. The van der Waals surface area contributed by atoms with E-state index in [1.807, 2.05) is 0 Å². The highest BCUT2D eigenvalue weighted by Gasteiger charge is 2.54. The monoisotopic (exact) mass is 766 g/mol. The zero-order valence-electron chi connectivity index (χ0n) is 33.9. The maximum Gasteiger partial charge on any atom is 0.0418 e. The van der Waals surface area contributed by atoms with Crippen LogP contribution >= 0.6 is 0 Å². The molecule has 11 rings (SSSR count). The fraction of sp³-hybridized carbons (Fsp3) is 0.100. The molecule has 0 aliphatic heterocycles. The van der Waals surface area contributed by atoms with E-state index >= 15 is 0 Å². The fourth-order valence-corrected chi connectivity index (χ4v) is 10.9. The molecular formula is C60H46. The van der Waals surface area contributed by atoms with Gasteiger partial charge >= 0.3 is 0 Å². The molecule has 9 aromatic carbocycles. The van der Waals surface area contributed by atoms with E-state index in [1.54, 1.807) is 0 Å². The smallest absolute Gasteiger partial charge is 0.0418 e. The van der Waals surface area contributed by atoms with Crippen molar-refractivity contribution in [2.75, 3.05) is 0 Å². The minimum Gasteiger partial charge on any atom is -0.0639 e. The van der Waals surface area contributed by atoms with Gasteiger partial charge in [0.05, 0.1) is 0 Å². The van der Waals surface area contributed by atoms with Crippen molar-refractivity contribution in [1.29, 1.82) is 0 Å². The van der Waals surface area contributed by atoms with Crippen LogP contribution in [0.3, 0.4) is 0 Å². The molecule has 2 aliphatic rings. The molecule has 0 heteroatoms. The lowest BCUT2D eigenvalue weighted by Crippen LogP contribution is -2.41. The van der Waals surface area contributed by atoms with Gasteiger partial charge in [-0.25, -0.2) is 0 Å².